The van der Waals surface area contributed by atoms with Crippen molar-refractivity contribution in [2.24, 2.45) is 0 Å². The molecule has 1 saturated heterocycles. The first-order chi connectivity index (χ1) is 17.5. The van der Waals surface area contributed by atoms with E-state index in [1.165, 1.54) is 0 Å². The van der Waals surface area contributed by atoms with E-state index in [1.54, 1.807) is 12.1 Å². The topological polar surface area (TPSA) is 166 Å². The van der Waals surface area contributed by atoms with Gasteiger partial charge in [0.05, 0.1) is 30.5 Å². The van der Waals surface area contributed by atoms with Crippen LogP contribution in [0.1, 0.15) is 56.7 Å². The zero-order valence-electron chi connectivity index (χ0n) is 21.2. The molecule has 3 aliphatic rings. The maximum absolute atomic E-state index is 12.7. The quantitative estimate of drug-likeness (QED) is 0.300. The highest BCUT2D eigenvalue weighted by Gasteiger charge is 2.69. The number of likely N-dealkylation sites (tertiary alicyclic amines) is 1. The number of esters is 1. The largest absolute Gasteiger partial charge is 0.481 e. The molecule has 1 spiro atoms. The van der Waals surface area contributed by atoms with Crippen LogP contribution >= 0.6 is 0 Å². The number of ether oxygens (including phenoxy) is 2. The first kappa shape index (κ1) is 29.6. The van der Waals surface area contributed by atoms with Gasteiger partial charge >= 0.3 is 11.9 Å². The number of hydrogen-bond donors (Lipinski definition) is 5. The van der Waals surface area contributed by atoms with E-state index in [0.29, 0.717) is 24.3 Å². The van der Waals surface area contributed by atoms with Crippen molar-refractivity contribution in [3.05, 3.63) is 40.7 Å². The number of hydrogen-bond acceptors (Lipinski definition) is 9. The molecule has 2 heterocycles. The Morgan fingerprint density at radius 2 is 2.03 bits per heavy atom. The number of aliphatic carboxylic acids is 1. The molecule has 0 unspecified atom stereocenters. The van der Waals surface area contributed by atoms with Crippen LogP contribution in [0.5, 0.6) is 5.75 Å². The Morgan fingerprint density at radius 3 is 2.68 bits per heavy atom. The summed E-state index contributed by atoms with van der Waals surface area (Å²) in [7, 11) is 1.96. The van der Waals surface area contributed by atoms with E-state index in [1.807, 2.05) is 27.0 Å². The second kappa shape index (κ2) is 11.0. The van der Waals surface area contributed by atoms with Crippen molar-refractivity contribution in [1.82, 2.24) is 10.2 Å². The number of aliphatic hydroxyl groups excluding tert-OH is 2. The predicted molar refractivity (Wildman–Crippen MR) is 136 cm³/mol. The van der Waals surface area contributed by atoms with Crippen molar-refractivity contribution in [2.75, 3.05) is 20.1 Å². The Hall–Kier alpha value is -2.99. The molecule has 1 aromatic carbocycles. The maximum atomic E-state index is 12.7. The van der Waals surface area contributed by atoms with Gasteiger partial charge in [-0.3, -0.25) is 9.59 Å². The number of benzene rings is 1. The molecule has 1 aromatic rings. The minimum absolute atomic E-state index is 0. The monoisotopic (exact) mass is 534 g/mol. The van der Waals surface area contributed by atoms with Crippen LogP contribution in [0.15, 0.2) is 24.0 Å². The lowest BCUT2D eigenvalue weighted by atomic mass is 9.54. The van der Waals surface area contributed by atoms with Crippen LogP contribution in [0.4, 0.5) is 0 Å². The predicted octanol–water partition coefficient (Wildman–Crippen LogP) is 0.750. The van der Waals surface area contributed by atoms with Gasteiger partial charge in [0, 0.05) is 30.1 Å². The molecule has 11 nitrogen and oxygen atoms in total. The lowest BCUT2D eigenvalue weighted by Gasteiger charge is -2.58. The summed E-state index contributed by atoms with van der Waals surface area (Å²) in [5, 5.41) is 42.6. The summed E-state index contributed by atoms with van der Waals surface area (Å²) >= 11 is 0. The number of likely N-dealkylation sites (N-methyl/N-ethyl adjacent to an activating group) is 1. The molecule has 38 heavy (non-hydrogen) atoms. The van der Waals surface area contributed by atoms with Crippen LogP contribution in [0.25, 0.3) is 0 Å². The van der Waals surface area contributed by atoms with Crippen molar-refractivity contribution in [1.29, 1.82) is 0 Å². The average Bonchev–Trinajstić information content (AvgIpc) is 3.21. The first-order valence-corrected chi connectivity index (χ1v) is 12.4. The van der Waals surface area contributed by atoms with Gasteiger partial charge in [0.25, 0.3) is 0 Å². The zero-order valence-corrected chi connectivity index (χ0v) is 21.2. The fraction of sp³-hybridized carbons (Fsp3) is 0.593. The number of amides is 1. The molecule has 2 aliphatic heterocycles. The van der Waals surface area contributed by atoms with E-state index in [4.69, 9.17) is 14.6 Å². The van der Waals surface area contributed by atoms with E-state index >= 15 is 0 Å². The van der Waals surface area contributed by atoms with Crippen molar-refractivity contribution < 1.29 is 44.3 Å². The molecular weight excluding hydrogens is 496 g/mol. The van der Waals surface area contributed by atoms with E-state index in [9.17, 15) is 29.7 Å². The third kappa shape index (κ3) is 4.68. The van der Waals surface area contributed by atoms with Gasteiger partial charge in [0.15, 0.2) is 12.2 Å². The maximum Gasteiger partial charge on any atom is 0.333 e. The summed E-state index contributed by atoms with van der Waals surface area (Å²) < 4.78 is 12.1. The molecule has 0 radical (unpaired) electrons. The number of piperidine rings is 1. The number of carboxylic acids is 1. The van der Waals surface area contributed by atoms with Crippen molar-refractivity contribution in [2.45, 2.75) is 82.8 Å². The molecule has 0 aromatic heterocycles. The van der Waals surface area contributed by atoms with E-state index in [-0.39, 0.29) is 45.2 Å². The van der Waals surface area contributed by atoms with E-state index in [0.717, 1.165) is 11.1 Å². The molecule has 210 valence electrons. The van der Waals surface area contributed by atoms with Crippen LogP contribution in [-0.2, 0) is 31.1 Å². The molecule has 5 N–H and O–H groups in total. The molecule has 0 saturated carbocycles. The average molecular weight is 535 g/mol. The van der Waals surface area contributed by atoms with Gasteiger partial charge in [-0.15, -0.1) is 0 Å². The van der Waals surface area contributed by atoms with Crippen LogP contribution in [0.2, 0.25) is 0 Å². The van der Waals surface area contributed by atoms with Crippen molar-refractivity contribution in [3.8, 4) is 5.75 Å². The standard InChI is InChI=1S/C26H34N2O9.CH4/c1-14-4-5-16(13-29)22-21(14)25-9-11-28(3)15(2)26(25,35)8-6-18(23(25)37-22)36-20(32)7-10-27-19(31)12-17(30)24(33)34;/h4-6,15,17,23,29-30,35H,7-13H2,1-3H3,(H,27,31)(H,33,34);1H4/t15-,17+,23+,25+,26-;/m1./s1. The fourth-order valence-corrected chi connectivity index (χ4v) is 6.02. The summed E-state index contributed by atoms with van der Waals surface area (Å²) in [6.45, 7) is 4.25. The Morgan fingerprint density at radius 1 is 1.32 bits per heavy atom. The van der Waals surface area contributed by atoms with Gasteiger partial charge in [-0.05, 0) is 45.5 Å². The number of carbonyl (C=O) groups excluding carboxylic acids is 2. The molecular formula is C27H38N2O9. The molecule has 1 fully saturated rings. The minimum Gasteiger partial charge on any atom is -0.481 e. The summed E-state index contributed by atoms with van der Waals surface area (Å²) in [5.41, 5.74) is 0.231. The molecule has 5 atom stereocenters. The number of rotatable bonds is 8. The molecule has 4 rings (SSSR count). The Balaban J connectivity index is 0.00000400. The number of fused-ring (bicyclic) bond motifs is 1. The third-order valence-electron chi connectivity index (χ3n) is 8.15. The van der Waals surface area contributed by atoms with Gasteiger partial charge in [0.1, 0.15) is 11.5 Å². The second-order valence-corrected chi connectivity index (χ2v) is 10.1. The third-order valence-corrected chi connectivity index (χ3v) is 8.15. The molecule has 0 bridgehead atoms. The number of carboxylic acid groups (broad SMARTS) is 1. The summed E-state index contributed by atoms with van der Waals surface area (Å²) in [4.78, 5) is 37.3. The number of carbonyl (C=O) groups is 3. The highest BCUT2D eigenvalue weighted by molar-refractivity contribution is 5.83. The van der Waals surface area contributed by atoms with Gasteiger partial charge in [0.2, 0.25) is 5.91 Å². The summed E-state index contributed by atoms with van der Waals surface area (Å²) in [6, 6.07) is 3.47. The van der Waals surface area contributed by atoms with Gasteiger partial charge in [-0.2, -0.15) is 0 Å². The van der Waals surface area contributed by atoms with Crippen LogP contribution in [-0.4, -0.2) is 87.2 Å². The highest BCUT2D eigenvalue weighted by atomic mass is 16.6. The van der Waals surface area contributed by atoms with Gasteiger partial charge in [-0.25, -0.2) is 4.79 Å². The van der Waals surface area contributed by atoms with Crippen molar-refractivity contribution in [3.63, 3.8) is 0 Å². The molecule has 1 amide bonds. The Kier molecular flexibility index (Phi) is 8.57. The number of aliphatic hydroxyl groups is 3. The summed E-state index contributed by atoms with van der Waals surface area (Å²) in [5.74, 6) is -2.06. The fourth-order valence-electron chi connectivity index (χ4n) is 6.02. The van der Waals surface area contributed by atoms with Crippen molar-refractivity contribution >= 4 is 17.8 Å². The molecule has 11 heteroatoms. The van der Waals surface area contributed by atoms with Gasteiger partial charge < -0.3 is 40.1 Å². The molecule has 1 aliphatic carbocycles. The first-order valence-electron chi connectivity index (χ1n) is 12.4. The summed E-state index contributed by atoms with van der Waals surface area (Å²) in [6.07, 6.45) is -0.958. The normalized spacial score (nSPS) is 28.4. The van der Waals surface area contributed by atoms with Gasteiger partial charge in [-0.1, -0.05) is 19.6 Å². The Bertz CT molecular complexity index is 1140. The Labute approximate surface area is 222 Å². The SMILES string of the molecule is C.Cc1ccc(CO)c2c1[C@]13CCN(C)[C@H](C)[C@]1(O)CC=C(OC(=O)CCNC(=O)C[C@H](O)C(=O)O)[C@@H]3O2. The number of nitrogens with zero attached hydrogens (tertiary/aromatic N) is 1. The lowest BCUT2D eigenvalue weighted by molar-refractivity contribution is -0.161. The van der Waals surface area contributed by atoms with Crippen LogP contribution < -0.4 is 10.1 Å². The van der Waals surface area contributed by atoms with E-state index in [2.05, 4.69) is 10.2 Å². The smallest absolute Gasteiger partial charge is 0.333 e. The van der Waals surface area contributed by atoms with E-state index < -0.39 is 47.5 Å². The van der Waals surface area contributed by atoms with Crippen LogP contribution in [0.3, 0.4) is 0 Å². The zero-order chi connectivity index (χ0) is 27.1. The number of nitrogens with one attached hydrogen (secondary N) is 1. The number of aryl methyl sites for hydroxylation is 1. The lowest BCUT2D eigenvalue weighted by Crippen LogP contribution is -2.71. The highest BCUT2D eigenvalue weighted by Crippen LogP contribution is 2.61. The minimum atomic E-state index is -1.82. The van der Waals surface area contributed by atoms with Crippen LogP contribution in [0, 0.1) is 6.92 Å². The second-order valence-electron chi connectivity index (χ2n) is 10.1.